The number of aliphatic carboxylic acids is 1. The fourth-order valence-electron chi connectivity index (χ4n) is 3.73. The lowest BCUT2D eigenvalue weighted by atomic mass is 9.81. The Labute approximate surface area is 130 Å². The van der Waals surface area contributed by atoms with Crippen LogP contribution >= 0.6 is 15.9 Å². The number of hydrogen-bond acceptors (Lipinski definition) is 4. The van der Waals surface area contributed by atoms with Crippen molar-refractivity contribution in [3.63, 3.8) is 0 Å². The molecule has 3 rings (SSSR count). The topological polar surface area (TPSA) is 83.7 Å². The number of anilines is 1. The number of benzene rings is 1. The van der Waals surface area contributed by atoms with Gasteiger partial charge in [0.05, 0.1) is 10.3 Å². The molecule has 1 aliphatic carbocycles. The summed E-state index contributed by atoms with van der Waals surface area (Å²) >= 11 is 3.24. The Morgan fingerprint density at radius 1 is 1.52 bits per heavy atom. The highest BCUT2D eigenvalue weighted by Gasteiger charge is 2.55. The molecule has 0 radical (unpaired) electrons. The van der Waals surface area contributed by atoms with E-state index in [2.05, 4.69) is 15.9 Å². The van der Waals surface area contributed by atoms with Crippen LogP contribution in [0.3, 0.4) is 0 Å². The van der Waals surface area contributed by atoms with E-state index in [1.54, 1.807) is 12.1 Å². The van der Waals surface area contributed by atoms with Crippen LogP contribution in [-0.2, 0) is 4.79 Å². The quantitative estimate of drug-likeness (QED) is 0.666. The maximum atomic E-state index is 11.7. The van der Waals surface area contributed by atoms with Gasteiger partial charge in [-0.05, 0) is 30.9 Å². The van der Waals surface area contributed by atoms with E-state index >= 15 is 0 Å². The molecule has 1 N–H and O–H groups in total. The zero-order valence-electron chi connectivity index (χ0n) is 11.3. The minimum absolute atomic E-state index is 0.0184. The minimum Gasteiger partial charge on any atom is -0.481 e. The molecule has 0 bridgehead atoms. The molecule has 2 aliphatic rings. The van der Waals surface area contributed by atoms with Gasteiger partial charge in [-0.15, -0.1) is 0 Å². The zero-order chi connectivity index (χ0) is 15.2. The molecule has 1 aromatic rings. The molecule has 2 atom stereocenters. The predicted molar refractivity (Wildman–Crippen MR) is 80.4 cm³/mol. The van der Waals surface area contributed by atoms with Crippen LogP contribution in [-0.4, -0.2) is 29.1 Å². The molecule has 21 heavy (non-hydrogen) atoms. The summed E-state index contributed by atoms with van der Waals surface area (Å²) in [5.41, 5.74) is -0.205. The van der Waals surface area contributed by atoms with Gasteiger partial charge >= 0.3 is 5.97 Å². The Morgan fingerprint density at radius 3 is 2.90 bits per heavy atom. The third-order valence-corrected chi connectivity index (χ3v) is 5.26. The molecule has 0 aromatic heterocycles. The first kappa shape index (κ1) is 14.3. The average Bonchev–Trinajstić information content (AvgIpc) is 2.95. The molecule has 1 saturated heterocycles. The van der Waals surface area contributed by atoms with Gasteiger partial charge in [0, 0.05) is 23.6 Å². The number of nitro groups is 1. The summed E-state index contributed by atoms with van der Waals surface area (Å²) in [5.74, 6) is -0.689. The Bertz CT molecular complexity index is 621. The Kier molecular flexibility index (Phi) is 3.39. The van der Waals surface area contributed by atoms with Crippen molar-refractivity contribution in [1.29, 1.82) is 0 Å². The summed E-state index contributed by atoms with van der Waals surface area (Å²) in [6.45, 7) is 0.935. The van der Waals surface area contributed by atoms with E-state index in [1.165, 1.54) is 6.07 Å². The standard InChI is InChI=1S/C14H15BrN2O4/c15-10-3-4-11(12(6-10)17(20)21)16-7-9-2-1-5-14(9,8-16)13(18)19/h3-4,6,9H,1-2,5,7-8H2,(H,18,19)/t9-,14+/m0/s1. The maximum absolute atomic E-state index is 11.7. The highest BCUT2D eigenvalue weighted by Crippen LogP contribution is 2.50. The first-order chi connectivity index (χ1) is 9.94. The van der Waals surface area contributed by atoms with Crippen LogP contribution in [0.25, 0.3) is 0 Å². The lowest BCUT2D eigenvalue weighted by Crippen LogP contribution is -2.35. The molecule has 1 saturated carbocycles. The molecule has 0 amide bonds. The smallest absolute Gasteiger partial charge is 0.311 e. The molecular formula is C14H15BrN2O4. The first-order valence-corrected chi connectivity index (χ1v) is 7.65. The third-order valence-electron chi connectivity index (χ3n) is 4.77. The van der Waals surface area contributed by atoms with E-state index in [9.17, 15) is 20.0 Å². The molecule has 1 heterocycles. The highest BCUT2D eigenvalue weighted by atomic mass is 79.9. The van der Waals surface area contributed by atoms with Crippen LogP contribution in [0.15, 0.2) is 22.7 Å². The number of nitrogens with zero attached hydrogens (tertiary/aromatic N) is 2. The van der Waals surface area contributed by atoms with Crippen molar-refractivity contribution < 1.29 is 14.8 Å². The summed E-state index contributed by atoms with van der Waals surface area (Å²) < 4.78 is 0.644. The molecule has 0 spiro atoms. The number of hydrogen-bond donors (Lipinski definition) is 1. The molecule has 0 unspecified atom stereocenters. The number of rotatable bonds is 3. The number of halogens is 1. The van der Waals surface area contributed by atoms with Gasteiger partial charge in [-0.3, -0.25) is 14.9 Å². The minimum atomic E-state index is -0.771. The SMILES string of the molecule is O=C(O)[C@@]12CCC[C@H]1CN(c1ccc(Br)cc1[N+](=O)[O-])C2. The largest absolute Gasteiger partial charge is 0.481 e. The van der Waals surface area contributed by atoms with Gasteiger partial charge in [-0.2, -0.15) is 0 Å². The van der Waals surface area contributed by atoms with Crippen molar-refractivity contribution in [3.8, 4) is 0 Å². The van der Waals surface area contributed by atoms with Crippen molar-refractivity contribution in [2.45, 2.75) is 19.3 Å². The second-order valence-corrected chi connectivity index (χ2v) is 6.74. The summed E-state index contributed by atoms with van der Waals surface area (Å²) in [7, 11) is 0. The average molecular weight is 355 g/mol. The first-order valence-electron chi connectivity index (χ1n) is 6.86. The summed E-state index contributed by atoms with van der Waals surface area (Å²) in [5, 5.41) is 20.8. The number of carbonyl (C=O) groups is 1. The van der Waals surface area contributed by atoms with E-state index in [-0.39, 0.29) is 11.6 Å². The Morgan fingerprint density at radius 2 is 2.29 bits per heavy atom. The fraction of sp³-hybridized carbons (Fsp3) is 0.500. The van der Waals surface area contributed by atoms with Crippen molar-refractivity contribution in [2.24, 2.45) is 11.3 Å². The molecule has 1 aliphatic heterocycles. The Hall–Kier alpha value is -1.63. The van der Waals surface area contributed by atoms with Crippen LogP contribution < -0.4 is 4.90 Å². The van der Waals surface area contributed by atoms with Crippen molar-refractivity contribution in [2.75, 3.05) is 18.0 Å². The predicted octanol–water partition coefficient (Wildman–Crippen LogP) is 3.05. The van der Waals surface area contributed by atoms with Gasteiger partial charge < -0.3 is 10.0 Å². The van der Waals surface area contributed by atoms with Crippen LogP contribution in [0, 0.1) is 21.4 Å². The zero-order valence-corrected chi connectivity index (χ0v) is 12.9. The van der Waals surface area contributed by atoms with Crippen LogP contribution in [0.2, 0.25) is 0 Å². The van der Waals surface area contributed by atoms with Crippen LogP contribution in [0.1, 0.15) is 19.3 Å². The summed E-state index contributed by atoms with van der Waals surface area (Å²) in [4.78, 5) is 24.4. The monoisotopic (exact) mass is 354 g/mol. The summed E-state index contributed by atoms with van der Waals surface area (Å²) in [6, 6.07) is 4.92. The van der Waals surface area contributed by atoms with Crippen LogP contribution in [0.5, 0.6) is 0 Å². The lowest BCUT2D eigenvalue weighted by Gasteiger charge is -2.24. The maximum Gasteiger partial charge on any atom is 0.311 e. The lowest BCUT2D eigenvalue weighted by molar-refractivity contribution is -0.384. The number of carboxylic acid groups (broad SMARTS) is 1. The number of carboxylic acids is 1. The van der Waals surface area contributed by atoms with E-state index in [4.69, 9.17) is 0 Å². The van der Waals surface area contributed by atoms with Gasteiger partial charge in [0.1, 0.15) is 5.69 Å². The molecule has 112 valence electrons. The summed E-state index contributed by atoms with van der Waals surface area (Å²) in [6.07, 6.45) is 2.47. The van der Waals surface area contributed by atoms with Gasteiger partial charge in [-0.1, -0.05) is 22.4 Å². The van der Waals surface area contributed by atoms with Crippen LogP contribution in [0.4, 0.5) is 11.4 Å². The molecule has 7 heteroatoms. The van der Waals surface area contributed by atoms with Crippen molar-refractivity contribution in [1.82, 2.24) is 0 Å². The van der Waals surface area contributed by atoms with Gasteiger partial charge in [0.15, 0.2) is 0 Å². The normalized spacial score (nSPS) is 27.7. The van der Waals surface area contributed by atoms with E-state index in [0.29, 0.717) is 29.7 Å². The second kappa shape index (κ2) is 4.98. The fourth-order valence-corrected chi connectivity index (χ4v) is 4.08. The highest BCUT2D eigenvalue weighted by molar-refractivity contribution is 9.10. The van der Waals surface area contributed by atoms with Crippen molar-refractivity contribution >= 4 is 33.3 Å². The van der Waals surface area contributed by atoms with E-state index in [0.717, 1.165) is 12.8 Å². The second-order valence-electron chi connectivity index (χ2n) is 5.82. The number of fused-ring (bicyclic) bond motifs is 1. The molecule has 6 nitrogen and oxygen atoms in total. The van der Waals surface area contributed by atoms with Gasteiger partial charge in [0.2, 0.25) is 0 Å². The number of nitro benzene ring substituents is 1. The molecule has 1 aromatic carbocycles. The Balaban J connectivity index is 1.97. The van der Waals surface area contributed by atoms with Crippen molar-refractivity contribution in [3.05, 3.63) is 32.8 Å². The molecule has 2 fully saturated rings. The van der Waals surface area contributed by atoms with Gasteiger partial charge in [-0.25, -0.2) is 0 Å². The van der Waals surface area contributed by atoms with Gasteiger partial charge in [0.25, 0.3) is 5.69 Å². The van der Waals surface area contributed by atoms with E-state index < -0.39 is 16.3 Å². The molecular weight excluding hydrogens is 340 g/mol. The van der Waals surface area contributed by atoms with E-state index in [1.807, 2.05) is 4.90 Å². The third kappa shape index (κ3) is 2.19.